The van der Waals surface area contributed by atoms with Crippen LogP contribution >= 0.6 is 15.9 Å². The molecule has 0 fully saturated rings. The highest BCUT2D eigenvalue weighted by Gasteiger charge is 2.11. The standard InChI is InChI=1S/C13H22BrN3/c1-5-7-15-13-12(14)10(6-2)16-11(17-13)8-9(3)4/h9H,5-8H2,1-4H3,(H,15,16,17). The first-order valence-corrected chi connectivity index (χ1v) is 7.16. The molecule has 1 rings (SSSR count). The van der Waals surface area contributed by atoms with Crippen LogP contribution in [0.1, 0.15) is 45.6 Å². The lowest BCUT2D eigenvalue weighted by atomic mass is 10.1. The molecule has 0 aromatic carbocycles. The summed E-state index contributed by atoms with van der Waals surface area (Å²) in [5.74, 6) is 2.47. The Kier molecular flexibility index (Phi) is 5.89. The van der Waals surface area contributed by atoms with E-state index in [-0.39, 0.29) is 0 Å². The fourth-order valence-corrected chi connectivity index (χ4v) is 2.19. The summed E-state index contributed by atoms with van der Waals surface area (Å²) in [6.07, 6.45) is 2.95. The van der Waals surface area contributed by atoms with E-state index in [1.807, 2.05) is 0 Å². The Balaban J connectivity index is 3.00. The van der Waals surface area contributed by atoms with Crippen LogP contribution in [0.2, 0.25) is 0 Å². The summed E-state index contributed by atoms with van der Waals surface area (Å²) < 4.78 is 1.01. The van der Waals surface area contributed by atoms with E-state index in [4.69, 9.17) is 0 Å². The van der Waals surface area contributed by atoms with Gasteiger partial charge in [-0.2, -0.15) is 0 Å². The van der Waals surface area contributed by atoms with E-state index in [2.05, 4.69) is 58.9 Å². The summed E-state index contributed by atoms with van der Waals surface area (Å²) in [5, 5.41) is 3.35. The Bertz CT molecular complexity index is 364. The van der Waals surface area contributed by atoms with E-state index < -0.39 is 0 Å². The van der Waals surface area contributed by atoms with Crippen LogP contribution in [0, 0.1) is 5.92 Å². The normalized spacial score (nSPS) is 10.9. The number of hydrogen-bond acceptors (Lipinski definition) is 3. The first-order valence-electron chi connectivity index (χ1n) is 6.37. The zero-order chi connectivity index (χ0) is 12.8. The zero-order valence-electron chi connectivity index (χ0n) is 11.2. The molecular formula is C13H22BrN3. The molecule has 1 aromatic rings. The maximum absolute atomic E-state index is 4.60. The van der Waals surface area contributed by atoms with Crippen LogP contribution in [0.25, 0.3) is 0 Å². The molecule has 4 heteroatoms. The molecule has 0 unspecified atom stereocenters. The van der Waals surface area contributed by atoms with Crippen LogP contribution < -0.4 is 5.32 Å². The lowest BCUT2D eigenvalue weighted by Crippen LogP contribution is -2.10. The number of halogens is 1. The number of nitrogens with one attached hydrogen (secondary N) is 1. The van der Waals surface area contributed by atoms with E-state index >= 15 is 0 Å². The minimum atomic E-state index is 0.583. The van der Waals surface area contributed by atoms with Crippen molar-refractivity contribution in [3.63, 3.8) is 0 Å². The number of rotatable bonds is 6. The minimum absolute atomic E-state index is 0.583. The van der Waals surface area contributed by atoms with Crippen LogP contribution in [-0.4, -0.2) is 16.5 Å². The van der Waals surface area contributed by atoms with Gasteiger partial charge in [-0.1, -0.05) is 27.7 Å². The minimum Gasteiger partial charge on any atom is -0.369 e. The van der Waals surface area contributed by atoms with Crippen molar-refractivity contribution >= 4 is 21.7 Å². The van der Waals surface area contributed by atoms with Gasteiger partial charge in [-0.05, 0) is 34.7 Å². The van der Waals surface area contributed by atoms with Crippen LogP contribution in [-0.2, 0) is 12.8 Å². The van der Waals surface area contributed by atoms with Crippen molar-refractivity contribution in [1.29, 1.82) is 0 Å². The van der Waals surface area contributed by atoms with Crippen LogP contribution in [0.5, 0.6) is 0 Å². The van der Waals surface area contributed by atoms with E-state index in [1.165, 1.54) is 0 Å². The second-order valence-corrected chi connectivity index (χ2v) is 5.42. The molecule has 1 aromatic heterocycles. The average Bonchev–Trinajstić information content (AvgIpc) is 2.28. The van der Waals surface area contributed by atoms with E-state index in [0.717, 1.165) is 47.6 Å². The number of nitrogens with zero attached hydrogens (tertiary/aromatic N) is 2. The highest BCUT2D eigenvalue weighted by Crippen LogP contribution is 2.24. The van der Waals surface area contributed by atoms with Gasteiger partial charge in [-0.3, -0.25) is 0 Å². The largest absolute Gasteiger partial charge is 0.369 e. The number of anilines is 1. The topological polar surface area (TPSA) is 37.8 Å². The maximum atomic E-state index is 4.60. The van der Waals surface area contributed by atoms with Crippen molar-refractivity contribution in [2.45, 2.75) is 47.0 Å². The Morgan fingerprint density at radius 1 is 1.24 bits per heavy atom. The molecule has 0 atom stereocenters. The van der Waals surface area contributed by atoms with Gasteiger partial charge in [0.05, 0.1) is 10.2 Å². The molecule has 0 saturated carbocycles. The first-order chi connectivity index (χ1) is 8.08. The van der Waals surface area contributed by atoms with Gasteiger partial charge in [0.1, 0.15) is 11.6 Å². The van der Waals surface area contributed by atoms with Gasteiger partial charge in [0.2, 0.25) is 0 Å². The van der Waals surface area contributed by atoms with Crippen LogP contribution in [0.15, 0.2) is 4.47 Å². The average molecular weight is 300 g/mol. The third-order valence-corrected chi connectivity index (χ3v) is 3.27. The molecule has 0 aliphatic heterocycles. The summed E-state index contributed by atoms with van der Waals surface area (Å²) in [6.45, 7) is 9.60. The van der Waals surface area contributed by atoms with Crippen molar-refractivity contribution in [2.24, 2.45) is 5.92 Å². The van der Waals surface area contributed by atoms with Crippen molar-refractivity contribution in [3.8, 4) is 0 Å². The molecule has 0 aliphatic carbocycles. The third-order valence-electron chi connectivity index (χ3n) is 2.43. The fourth-order valence-electron chi connectivity index (χ4n) is 1.60. The quantitative estimate of drug-likeness (QED) is 0.868. The summed E-state index contributed by atoms with van der Waals surface area (Å²) in [4.78, 5) is 9.19. The molecule has 17 heavy (non-hydrogen) atoms. The highest BCUT2D eigenvalue weighted by atomic mass is 79.9. The smallest absolute Gasteiger partial charge is 0.144 e. The number of aromatic nitrogens is 2. The Labute approximate surface area is 113 Å². The lowest BCUT2D eigenvalue weighted by molar-refractivity contribution is 0.617. The van der Waals surface area contributed by atoms with Crippen molar-refractivity contribution in [2.75, 3.05) is 11.9 Å². The van der Waals surface area contributed by atoms with Gasteiger partial charge in [-0.15, -0.1) is 0 Å². The second-order valence-electron chi connectivity index (χ2n) is 4.63. The van der Waals surface area contributed by atoms with E-state index in [1.54, 1.807) is 0 Å². The van der Waals surface area contributed by atoms with Crippen LogP contribution in [0.4, 0.5) is 5.82 Å². The predicted octanol–water partition coefficient (Wildman–Crippen LogP) is 3.82. The summed E-state index contributed by atoms with van der Waals surface area (Å²) in [7, 11) is 0. The monoisotopic (exact) mass is 299 g/mol. The van der Waals surface area contributed by atoms with Crippen LogP contribution in [0.3, 0.4) is 0 Å². The van der Waals surface area contributed by atoms with Gasteiger partial charge in [0.25, 0.3) is 0 Å². The maximum Gasteiger partial charge on any atom is 0.144 e. The fraction of sp³-hybridized carbons (Fsp3) is 0.692. The Hall–Kier alpha value is -0.640. The van der Waals surface area contributed by atoms with Gasteiger partial charge >= 0.3 is 0 Å². The third kappa shape index (κ3) is 4.26. The summed E-state index contributed by atoms with van der Waals surface area (Å²) in [6, 6.07) is 0. The summed E-state index contributed by atoms with van der Waals surface area (Å²) in [5.41, 5.74) is 1.09. The Morgan fingerprint density at radius 2 is 1.94 bits per heavy atom. The summed E-state index contributed by atoms with van der Waals surface area (Å²) >= 11 is 3.58. The van der Waals surface area contributed by atoms with Gasteiger partial charge in [0.15, 0.2) is 0 Å². The second kappa shape index (κ2) is 6.94. The van der Waals surface area contributed by atoms with Gasteiger partial charge in [-0.25, -0.2) is 9.97 Å². The first kappa shape index (κ1) is 14.4. The lowest BCUT2D eigenvalue weighted by Gasteiger charge is -2.12. The Morgan fingerprint density at radius 3 is 2.47 bits per heavy atom. The molecule has 0 saturated heterocycles. The molecule has 0 aliphatic rings. The molecule has 96 valence electrons. The molecule has 0 bridgehead atoms. The predicted molar refractivity (Wildman–Crippen MR) is 76.4 cm³/mol. The molecule has 1 heterocycles. The molecule has 0 radical (unpaired) electrons. The molecule has 3 nitrogen and oxygen atoms in total. The van der Waals surface area contributed by atoms with Gasteiger partial charge < -0.3 is 5.32 Å². The van der Waals surface area contributed by atoms with E-state index in [0.29, 0.717) is 5.92 Å². The van der Waals surface area contributed by atoms with Crippen molar-refractivity contribution in [3.05, 3.63) is 16.0 Å². The molecule has 0 spiro atoms. The molecular weight excluding hydrogens is 278 g/mol. The number of aryl methyl sites for hydroxylation is 1. The molecule has 1 N–H and O–H groups in total. The van der Waals surface area contributed by atoms with Crippen molar-refractivity contribution < 1.29 is 0 Å². The van der Waals surface area contributed by atoms with E-state index in [9.17, 15) is 0 Å². The SMILES string of the molecule is CCCNc1nc(CC(C)C)nc(CC)c1Br. The molecule has 0 amide bonds. The number of hydrogen-bond donors (Lipinski definition) is 1. The highest BCUT2D eigenvalue weighted by molar-refractivity contribution is 9.10. The van der Waals surface area contributed by atoms with Crippen molar-refractivity contribution in [1.82, 2.24) is 9.97 Å². The zero-order valence-corrected chi connectivity index (χ0v) is 12.8. The van der Waals surface area contributed by atoms with Gasteiger partial charge in [0, 0.05) is 13.0 Å².